The largest absolute Gasteiger partial charge is 0.386 e. The zero-order valence-corrected chi connectivity index (χ0v) is 18.3. The molecule has 8 heteroatoms. The monoisotopic (exact) mass is 431 g/mol. The number of carbonyl (C=O) groups is 1. The number of fused-ring (bicyclic) bond motifs is 2. The van der Waals surface area contributed by atoms with Gasteiger partial charge < -0.3 is 20.1 Å². The fourth-order valence-electron chi connectivity index (χ4n) is 4.30. The highest BCUT2D eigenvalue weighted by atomic mass is 16.5. The molecule has 2 aliphatic rings. The Balaban J connectivity index is 1.49. The zero-order chi connectivity index (χ0) is 22.5. The van der Waals surface area contributed by atoms with E-state index in [0.717, 1.165) is 22.4 Å². The Bertz CT molecular complexity index is 1180. The first-order valence-corrected chi connectivity index (χ1v) is 10.5. The number of nitrogens with one attached hydrogen (secondary N) is 1. The lowest BCUT2D eigenvalue weighted by molar-refractivity contribution is -0.0507. The van der Waals surface area contributed by atoms with Gasteiger partial charge in [0.05, 0.1) is 29.9 Å². The van der Waals surface area contributed by atoms with Gasteiger partial charge in [-0.1, -0.05) is 6.07 Å². The lowest BCUT2D eigenvalue weighted by Crippen LogP contribution is -2.49. The van der Waals surface area contributed by atoms with Gasteiger partial charge in [-0.25, -0.2) is 9.97 Å². The highest BCUT2D eigenvalue weighted by Crippen LogP contribution is 2.47. The second-order valence-corrected chi connectivity index (χ2v) is 8.93. The standard InChI is InChI=1S/C24H25N5O3/c1-23(2,31)17-6-7-26-19(9-17)16-10-27-22(28-11-16)29-12-24(13-32-14-24)18-5-4-15(8-20(18)29)21(30)25-3/h4-11,31H,12-14H2,1-3H3,(H,25,30). The highest BCUT2D eigenvalue weighted by Gasteiger charge is 2.49. The van der Waals surface area contributed by atoms with Crippen LogP contribution in [0.15, 0.2) is 48.9 Å². The zero-order valence-electron chi connectivity index (χ0n) is 18.3. The van der Waals surface area contributed by atoms with Crippen molar-refractivity contribution in [2.24, 2.45) is 0 Å². The van der Waals surface area contributed by atoms with E-state index in [1.54, 1.807) is 45.6 Å². The Morgan fingerprint density at radius 1 is 1.16 bits per heavy atom. The molecule has 1 spiro atoms. The average Bonchev–Trinajstić information content (AvgIpc) is 3.13. The lowest BCUT2D eigenvalue weighted by atomic mass is 9.80. The van der Waals surface area contributed by atoms with Crippen LogP contribution in [0.4, 0.5) is 11.6 Å². The van der Waals surface area contributed by atoms with Crippen LogP contribution in [-0.2, 0) is 15.8 Å². The van der Waals surface area contributed by atoms with Gasteiger partial charge in [-0.3, -0.25) is 9.78 Å². The van der Waals surface area contributed by atoms with Gasteiger partial charge in [-0.2, -0.15) is 0 Å². The van der Waals surface area contributed by atoms with Crippen LogP contribution in [0, 0.1) is 0 Å². The maximum Gasteiger partial charge on any atom is 0.251 e. The van der Waals surface area contributed by atoms with E-state index in [1.165, 1.54) is 0 Å². The van der Waals surface area contributed by atoms with Crippen LogP contribution < -0.4 is 10.2 Å². The van der Waals surface area contributed by atoms with Crippen molar-refractivity contribution in [1.82, 2.24) is 20.3 Å². The van der Waals surface area contributed by atoms with Gasteiger partial charge in [0.15, 0.2) is 0 Å². The summed E-state index contributed by atoms with van der Waals surface area (Å²) in [6.45, 7) is 5.46. The molecule has 0 radical (unpaired) electrons. The molecule has 1 fully saturated rings. The number of amides is 1. The van der Waals surface area contributed by atoms with Gasteiger partial charge in [0.1, 0.15) is 0 Å². The van der Waals surface area contributed by atoms with Crippen molar-refractivity contribution >= 4 is 17.5 Å². The molecule has 0 bridgehead atoms. The predicted octanol–water partition coefficient (Wildman–Crippen LogP) is 2.55. The SMILES string of the molecule is CNC(=O)c1ccc2c(c1)N(c1ncc(-c3cc(C(C)(C)O)ccn3)cn1)CC21COC1. The molecule has 1 saturated heterocycles. The fraction of sp³-hybridized carbons (Fsp3) is 0.333. The number of aromatic nitrogens is 3. The first-order chi connectivity index (χ1) is 15.3. The molecule has 4 heterocycles. The topological polar surface area (TPSA) is 100 Å². The third-order valence-electron chi connectivity index (χ3n) is 6.21. The molecular weight excluding hydrogens is 406 g/mol. The van der Waals surface area contributed by atoms with Gasteiger partial charge in [-0.05, 0) is 49.2 Å². The number of carbonyl (C=O) groups excluding carboxylic acids is 1. The fourth-order valence-corrected chi connectivity index (χ4v) is 4.30. The first-order valence-electron chi connectivity index (χ1n) is 10.5. The summed E-state index contributed by atoms with van der Waals surface area (Å²) in [5.74, 6) is 0.430. The normalized spacial score (nSPS) is 16.6. The maximum absolute atomic E-state index is 12.2. The summed E-state index contributed by atoms with van der Waals surface area (Å²) < 4.78 is 5.54. The molecule has 5 rings (SSSR count). The Morgan fingerprint density at radius 2 is 1.91 bits per heavy atom. The van der Waals surface area contributed by atoms with Gasteiger partial charge in [0.2, 0.25) is 5.95 Å². The molecule has 0 aliphatic carbocycles. The molecule has 32 heavy (non-hydrogen) atoms. The van der Waals surface area contributed by atoms with Crippen molar-refractivity contribution in [3.63, 3.8) is 0 Å². The summed E-state index contributed by atoms with van der Waals surface area (Å²) in [5.41, 5.74) is 3.86. The Labute approximate surface area is 186 Å². The van der Waals surface area contributed by atoms with Crippen LogP contribution in [0.3, 0.4) is 0 Å². The van der Waals surface area contributed by atoms with E-state index in [2.05, 4.69) is 25.2 Å². The maximum atomic E-state index is 12.2. The van der Waals surface area contributed by atoms with E-state index in [4.69, 9.17) is 4.74 Å². The number of hydrogen-bond donors (Lipinski definition) is 2. The van der Waals surface area contributed by atoms with Crippen LogP contribution in [0.2, 0.25) is 0 Å². The Morgan fingerprint density at radius 3 is 2.53 bits per heavy atom. The molecule has 0 unspecified atom stereocenters. The molecule has 2 aromatic heterocycles. The summed E-state index contributed by atoms with van der Waals surface area (Å²) in [6.07, 6.45) is 5.15. The van der Waals surface area contributed by atoms with E-state index in [1.807, 2.05) is 24.3 Å². The van der Waals surface area contributed by atoms with E-state index < -0.39 is 5.60 Å². The summed E-state index contributed by atoms with van der Waals surface area (Å²) >= 11 is 0. The van der Waals surface area contributed by atoms with Crippen molar-refractivity contribution in [2.45, 2.75) is 24.9 Å². The second kappa shape index (κ2) is 7.36. The molecule has 3 aromatic rings. The van der Waals surface area contributed by atoms with Crippen molar-refractivity contribution in [3.8, 4) is 11.3 Å². The third kappa shape index (κ3) is 3.32. The van der Waals surface area contributed by atoms with Gasteiger partial charge in [-0.15, -0.1) is 0 Å². The van der Waals surface area contributed by atoms with Gasteiger partial charge in [0, 0.05) is 49.0 Å². The van der Waals surface area contributed by atoms with Crippen molar-refractivity contribution in [1.29, 1.82) is 0 Å². The highest BCUT2D eigenvalue weighted by molar-refractivity contribution is 5.95. The van der Waals surface area contributed by atoms with Crippen LogP contribution in [0.5, 0.6) is 0 Å². The number of ether oxygens (including phenoxy) is 1. The predicted molar refractivity (Wildman–Crippen MR) is 120 cm³/mol. The Kier molecular flexibility index (Phi) is 4.72. The summed E-state index contributed by atoms with van der Waals surface area (Å²) in [7, 11) is 1.62. The number of nitrogens with zero attached hydrogens (tertiary/aromatic N) is 4. The molecule has 1 amide bonds. The van der Waals surface area contributed by atoms with Crippen LogP contribution in [-0.4, -0.2) is 52.8 Å². The second-order valence-electron chi connectivity index (χ2n) is 8.93. The van der Waals surface area contributed by atoms with Crippen molar-refractivity contribution < 1.29 is 14.6 Å². The number of aliphatic hydroxyl groups is 1. The average molecular weight is 431 g/mol. The molecule has 2 aliphatic heterocycles. The molecular formula is C24H25N5O3. The van der Waals surface area contributed by atoms with Crippen LogP contribution in [0.1, 0.15) is 35.3 Å². The summed E-state index contributed by atoms with van der Waals surface area (Å²) in [6, 6.07) is 9.41. The number of hydrogen-bond acceptors (Lipinski definition) is 7. The number of rotatable bonds is 4. The lowest BCUT2D eigenvalue weighted by Gasteiger charge is -2.38. The molecule has 0 atom stereocenters. The summed E-state index contributed by atoms with van der Waals surface area (Å²) in [5, 5.41) is 13.0. The minimum absolute atomic E-state index is 0.0961. The van der Waals surface area contributed by atoms with Crippen molar-refractivity contribution in [3.05, 3.63) is 65.6 Å². The molecule has 2 N–H and O–H groups in total. The first kappa shape index (κ1) is 20.5. The summed E-state index contributed by atoms with van der Waals surface area (Å²) in [4.78, 5) is 27.9. The van der Waals surface area contributed by atoms with Crippen molar-refractivity contribution in [2.75, 3.05) is 31.7 Å². The van der Waals surface area contributed by atoms with Gasteiger partial charge >= 0.3 is 0 Å². The van der Waals surface area contributed by atoms with E-state index in [-0.39, 0.29) is 11.3 Å². The minimum Gasteiger partial charge on any atom is -0.386 e. The molecule has 164 valence electrons. The number of pyridine rings is 1. The van der Waals surface area contributed by atoms with Crippen LogP contribution >= 0.6 is 0 Å². The van der Waals surface area contributed by atoms with Gasteiger partial charge in [0.25, 0.3) is 5.91 Å². The van der Waals surface area contributed by atoms with E-state index in [9.17, 15) is 9.90 Å². The van der Waals surface area contributed by atoms with Crippen LogP contribution in [0.25, 0.3) is 11.3 Å². The number of benzene rings is 1. The van der Waals surface area contributed by atoms with E-state index in [0.29, 0.717) is 37.0 Å². The molecule has 0 saturated carbocycles. The molecule has 8 nitrogen and oxygen atoms in total. The Hall–Kier alpha value is -3.36. The van der Waals surface area contributed by atoms with E-state index >= 15 is 0 Å². The quantitative estimate of drug-likeness (QED) is 0.655. The smallest absolute Gasteiger partial charge is 0.251 e. The number of anilines is 2. The third-order valence-corrected chi connectivity index (χ3v) is 6.21. The minimum atomic E-state index is -0.959. The molecule has 1 aromatic carbocycles.